The Labute approximate surface area is 106 Å². The second-order valence-electron chi connectivity index (χ2n) is 4.73. The number of amides is 1. The van der Waals surface area contributed by atoms with Gasteiger partial charge in [0.2, 0.25) is 5.91 Å². The van der Waals surface area contributed by atoms with E-state index < -0.39 is 5.41 Å². The lowest BCUT2D eigenvalue weighted by atomic mass is 9.80. The van der Waals surface area contributed by atoms with E-state index in [2.05, 4.69) is 4.98 Å². The highest BCUT2D eigenvalue weighted by atomic mass is 16.2. The van der Waals surface area contributed by atoms with Gasteiger partial charge in [-0.3, -0.25) is 9.78 Å². The van der Waals surface area contributed by atoms with Crippen molar-refractivity contribution >= 4 is 11.6 Å². The van der Waals surface area contributed by atoms with Gasteiger partial charge in [0, 0.05) is 13.2 Å². The van der Waals surface area contributed by atoms with Crippen molar-refractivity contribution in [3.05, 3.63) is 59.9 Å². The predicted octanol–water partition coefficient (Wildman–Crippen LogP) is 2.36. The van der Waals surface area contributed by atoms with Gasteiger partial charge < -0.3 is 4.90 Å². The zero-order valence-corrected chi connectivity index (χ0v) is 10.4. The van der Waals surface area contributed by atoms with Crippen molar-refractivity contribution < 1.29 is 4.79 Å². The number of aromatic nitrogens is 1. The molecule has 1 unspecified atom stereocenters. The molecule has 3 nitrogen and oxygen atoms in total. The lowest BCUT2D eigenvalue weighted by molar-refractivity contribution is -0.121. The standard InChI is InChI=1S/C15H14N2O/c1-15(11-7-4-3-5-8-11)13-12(9-6-10-16-13)17(2)14(15)18/h3-10H,1-2H3. The number of rotatable bonds is 1. The number of pyridine rings is 1. The SMILES string of the molecule is CN1C(=O)C(C)(c2ccccc2)c2ncccc21. The van der Waals surface area contributed by atoms with Crippen LogP contribution in [0.15, 0.2) is 48.7 Å². The molecular weight excluding hydrogens is 224 g/mol. The van der Waals surface area contributed by atoms with Gasteiger partial charge in [0.05, 0.1) is 11.4 Å². The van der Waals surface area contributed by atoms with E-state index in [4.69, 9.17) is 0 Å². The average molecular weight is 238 g/mol. The molecule has 0 saturated carbocycles. The Hall–Kier alpha value is -2.16. The van der Waals surface area contributed by atoms with E-state index in [0.29, 0.717) is 0 Å². The fourth-order valence-corrected chi connectivity index (χ4v) is 2.63. The first-order valence-electron chi connectivity index (χ1n) is 5.95. The summed E-state index contributed by atoms with van der Waals surface area (Å²) < 4.78 is 0. The van der Waals surface area contributed by atoms with Gasteiger partial charge in [-0.25, -0.2) is 0 Å². The van der Waals surface area contributed by atoms with E-state index in [1.807, 2.05) is 49.4 Å². The molecule has 3 heteroatoms. The Morgan fingerprint density at radius 2 is 1.83 bits per heavy atom. The first-order valence-corrected chi connectivity index (χ1v) is 5.95. The minimum atomic E-state index is -0.674. The summed E-state index contributed by atoms with van der Waals surface area (Å²) in [5.74, 6) is 0.0717. The van der Waals surface area contributed by atoms with Gasteiger partial charge in [-0.1, -0.05) is 30.3 Å². The zero-order valence-electron chi connectivity index (χ0n) is 10.4. The predicted molar refractivity (Wildman–Crippen MR) is 70.5 cm³/mol. The van der Waals surface area contributed by atoms with Crippen molar-refractivity contribution in [3.63, 3.8) is 0 Å². The van der Waals surface area contributed by atoms with Crippen LogP contribution in [0.5, 0.6) is 0 Å². The van der Waals surface area contributed by atoms with Crippen molar-refractivity contribution in [3.8, 4) is 0 Å². The molecular formula is C15H14N2O. The molecule has 0 radical (unpaired) electrons. The van der Waals surface area contributed by atoms with Crippen LogP contribution in [0.25, 0.3) is 0 Å². The second kappa shape index (κ2) is 3.67. The normalized spacial score (nSPS) is 22.1. The van der Waals surface area contributed by atoms with Crippen molar-refractivity contribution in [2.75, 3.05) is 11.9 Å². The van der Waals surface area contributed by atoms with Crippen molar-refractivity contribution in [2.24, 2.45) is 0 Å². The van der Waals surface area contributed by atoms with Crippen LogP contribution in [-0.4, -0.2) is 17.9 Å². The molecule has 1 aromatic carbocycles. The van der Waals surface area contributed by atoms with Crippen molar-refractivity contribution in [2.45, 2.75) is 12.3 Å². The summed E-state index contributed by atoms with van der Waals surface area (Å²) in [7, 11) is 1.80. The molecule has 0 bridgehead atoms. The van der Waals surface area contributed by atoms with E-state index in [1.165, 1.54) is 0 Å². The van der Waals surface area contributed by atoms with E-state index in [9.17, 15) is 4.79 Å². The highest BCUT2D eigenvalue weighted by molar-refractivity contribution is 6.09. The maximum Gasteiger partial charge on any atom is 0.243 e. The van der Waals surface area contributed by atoms with Gasteiger partial charge in [-0.05, 0) is 24.6 Å². The first-order chi connectivity index (χ1) is 8.65. The molecule has 0 spiro atoms. The van der Waals surface area contributed by atoms with Gasteiger partial charge in [0.25, 0.3) is 0 Å². The summed E-state index contributed by atoms with van der Waals surface area (Å²) >= 11 is 0. The fraction of sp³-hybridized carbons (Fsp3) is 0.200. The number of carbonyl (C=O) groups excluding carboxylic acids is 1. The number of likely N-dealkylation sites (N-methyl/N-ethyl adjacent to an activating group) is 1. The van der Waals surface area contributed by atoms with Gasteiger partial charge in [0.15, 0.2) is 0 Å². The number of hydrogen-bond donors (Lipinski definition) is 0. The Morgan fingerprint density at radius 3 is 2.56 bits per heavy atom. The summed E-state index contributed by atoms with van der Waals surface area (Å²) in [6, 6.07) is 13.6. The van der Waals surface area contributed by atoms with Crippen LogP contribution >= 0.6 is 0 Å². The van der Waals surface area contributed by atoms with Gasteiger partial charge in [-0.2, -0.15) is 0 Å². The summed E-state index contributed by atoms with van der Waals surface area (Å²) in [4.78, 5) is 18.7. The summed E-state index contributed by atoms with van der Waals surface area (Å²) in [6.07, 6.45) is 1.74. The molecule has 1 aliphatic rings. The van der Waals surface area contributed by atoms with E-state index in [1.54, 1.807) is 18.1 Å². The topological polar surface area (TPSA) is 33.2 Å². The second-order valence-corrected chi connectivity index (χ2v) is 4.73. The highest BCUT2D eigenvalue weighted by Gasteiger charge is 2.48. The van der Waals surface area contributed by atoms with Crippen LogP contribution < -0.4 is 4.90 Å². The Bertz CT molecular complexity index is 609. The molecule has 0 aliphatic carbocycles. The lowest BCUT2D eigenvalue weighted by Crippen LogP contribution is -2.37. The van der Waals surface area contributed by atoms with Crippen molar-refractivity contribution in [1.82, 2.24) is 4.98 Å². The molecule has 0 N–H and O–H groups in total. The van der Waals surface area contributed by atoms with Gasteiger partial charge in [0.1, 0.15) is 5.41 Å². The smallest absolute Gasteiger partial charge is 0.243 e. The monoisotopic (exact) mass is 238 g/mol. The molecule has 3 rings (SSSR count). The molecule has 2 heterocycles. The Morgan fingerprint density at radius 1 is 1.11 bits per heavy atom. The molecule has 1 aliphatic heterocycles. The fourth-order valence-electron chi connectivity index (χ4n) is 2.63. The Kier molecular flexibility index (Phi) is 2.23. The third kappa shape index (κ3) is 1.24. The van der Waals surface area contributed by atoms with Gasteiger partial charge >= 0.3 is 0 Å². The molecule has 2 aromatic rings. The third-order valence-corrected chi connectivity index (χ3v) is 3.70. The number of benzene rings is 1. The number of nitrogens with zero attached hydrogens (tertiary/aromatic N) is 2. The molecule has 18 heavy (non-hydrogen) atoms. The van der Waals surface area contributed by atoms with Gasteiger partial charge in [-0.15, -0.1) is 0 Å². The number of anilines is 1. The van der Waals surface area contributed by atoms with Crippen LogP contribution in [0.2, 0.25) is 0 Å². The van der Waals surface area contributed by atoms with Crippen LogP contribution in [0.1, 0.15) is 18.2 Å². The summed E-state index contributed by atoms with van der Waals surface area (Å²) in [5, 5.41) is 0. The van der Waals surface area contributed by atoms with Crippen LogP contribution in [-0.2, 0) is 10.2 Å². The maximum absolute atomic E-state index is 12.6. The largest absolute Gasteiger partial charge is 0.313 e. The van der Waals surface area contributed by atoms with E-state index in [0.717, 1.165) is 16.9 Å². The molecule has 0 fully saturated rings. The minimum absolute atomic E-state index is 0.0717. The molecule has 90 valence electrons. The molecule has 1 amide bonds. The number of carbonyl (C=O) groups is 1. The summed E-state index contributed by atoms with van der Waals surface area (Å²) in [5.41, 5.74) is 2.05. The molecule has 0 saturated heterocycles. The van der Waals surface area contributed by atoms with E-state index in [-0.39, 0.29) is 5.91 Å². The number of hydrogen-bond acceptors (Lipinski definition) is 2. The highest BCUT2D eigenvalue weighted by Crippen LogP contribution is 2.43. The zero-order chi connectivity index (χ0) is 12.8. The lowest BCUT2D eigenvalue weighted by Gasteiger charge is -2.22. The molecule has 1 atom stereocenters. The Balaban J connectivity index is 2.27. The molecule has 1 aromatic heterocycles. The van der Waals surface area contributed by atoms with E-state index >= 15 is 0 Å². The minimum Gasteiger partial charge on any atom is -0.313 e. The quantitative estimate of drug-likeness (QED) is 0.764. The average Bonchev–Trinajstić information content (AvgIpc) is 2.64. The van der Waals surface area contributed by atoms with Crippen LogP contribution in [0.3, 0.4) is 0 Å². The van der Waals surface area contributed by atoms with Crippen molar-refractivity contribution in [1.29, 1.82) is 0 Å². The number of fused-ring (bicyclic) bond motifs is 1. The van der Waals surface area contributed by atoms with Crippen LogP contribution in [0.4, 0.5) is 5.69 Å². The first kappa shape index (κ1) is 11.0. The van der Waals surface area contributed by atoms with Crippen LogP contribution in [0, 0.1) is 0 Å². The third-order valence-electron chi connectivity index (χ3n) is 3.70. The summed E-state index contributed by atoms with van der Waals surface area (Å²) in [6.45, 7) is 1.94. The maximum atomic E-state index is 12.6.